The standard InChI is InChI=1S/C13H14F3N3O3S/c1-2-3-8-23(20,21)22-12-9-10(13(14,15)16)18-19(12)11-6-4-5-7-17-11/h4-7,9H,2-3,8H2,1H3. The maximum atomic E-state index is 12.8. The third-order valence-electron chi connectivity index (χ3n) is 2.79. The molecule has 0 saturated carbocycles. The molecule has 0 bridgehead atoms. The van der Waals surface area contributed by atoms with Gasteiger partial charge in [0.25, 0.3) is 0 Å². The third kappa shape index (κ3) is 4.44. The van der Waals surface area contributed by atoms with Gasteiger partial charge in [-0.15, -0.1) is 0 Å². The highest BCUT2D eigenvalue weighted by Gasteiger charge is 2.36. The molecule has 10 heteroatoms. The molecular weight excluding hydrogens is 335 g/mol. The number of halogens is 3. The molecule has 0 radical (unpaired) electrons. The molecule has 2 aromatic rings. The molecule has 0 fully saturated rings. The van der Waals surface area contributed by atoms with E-state index in [1.165, 1.54) is 18.3 Å². The molecule has 0 aliphatic rings. The highest BCUT2D eigenvalue weighted by atomic mass is 32.2. The Hall–Kier alpha value is -2.10. The summed E-state index contributed by atoms with van der Waals surface area (Å²) >= 11 is 0. The SMILES string of the molecule is CCCCS(=O)(=O)Oc1cc(C(F)(F)F)nn1-c1ccccn1. The van der Waals surface area contributed by atoms with Gasteiger partial charge < -0.3 is 4.18 Å². The van der Waals surface area contributed by atoms with Gasteiger partial charge in [-0.25, -0.2) is 4.98 Å². The van der Waals surface area contributed by atoms with Crippen LogP contribution in [0.3, 0.4) is 0 Å². The number of aromatic nitrogens is 3. The summed E-state index contributed by atoms with van der Waals surface area (Å²) in [7, 11) is -4.02. The molecule has 0 N–H and O–H groups in total. The van der Waals surface area contributed by atoms with Crippen molar-refractivity contribution in [2.75, 3.05) is 5.75 Å². The summed E-state index contributed by atoms with van der Waals surface area (Å²) in [4.78, 5) is 3.86. The van der Waals surface area contributed by atoms with Crippen LogP contribution in [0.25, 0.3) is 5.82 Å². The molecular formula is C13H14F3N3O3S. The fourth-order valence-electron chi connectivity index (χ4n) is 1.70. The van der Waals surface area contributed by atoms with E-state index in [9.17, 15) is 21.6 Å². The molecule has 0 amide bonds. The zero-order chi connectivity index (χ0) is 17.1. The average Bonchev–Trinajstić information content (AvgIpc) is 2.89. The van der Waals surface area contributed by atoms with Crippen molar-refractivity contribution < 1.29 is 25.8 Å². The Kier molecular flexibility index (Phi) is 4.93. The normalized spacial score (nSPS) is 12.3. The lowest BCUT2D eigenvalue weighted by Crippen LogP contribution is -2.16. The summed E-state index contributed by atoms with van der Waals surface area (Å²) in [6.07, 6.45) is -2.44. The monoisotopic (exact) mass is 349 g/mol. The van der Waals surface area contributed by atoms with Gasteiger partial charge in [0.15, 0.2) is 11.5 Å². The first-order chi connectivity index (χ1) is 10.7. The van der Waals surface area contributed by atoms with Gasteiger partial charge >= 0.3 is 16.3 Å². The summed E-state index contributed by atoms with van der Waals surface area (Å²) in [6.45, 7) is 1.79. The van der Waals surface area contributed by atoms with E-state index in [1.54, 1.807) is 13.0 Å². The molecule has 2 rings (SSSR count). The third-order valence-corrected chi connectivity index (χ3v) is 4.01. The molecule has 0 spiro atoms. The molecule has 0 aromatic carbocycles. The Morgan fingerprint density at radius 3 is 2.61 bits per heavy atom. The topological polar surface area (TPSA) is 74.1 Å². The van der Waals surface area contributed by atoms with Gasteiger partial charge in [-0.2, -0.15) is 31.4 Å². The van der Waals surface area contributed by atoms with E-state index in [1.807, 2.05) is 0 Å². The van der Waals surface area contributed by atoms with Crippen molar-refractivity contribution in [2.24, 2.45) is 0 Å². The van der Waals surface area contributed by atoms with Crippen LogP contribution in [0.2, 0.25) is 0 Å². The van der Waals surface area contributed by atoms with E-state index < -0.39 is 27.9 Å². The van der Waals surface area contributed by atoms with Crippen LogP contribution in [0.4, 0.5) is 13.2 Å². The minimum absolute atomic E-state index is 0.0173. The summed E-state index contributed by atoms with van der Waals surface area (Å²) < 4.78 is 67.7. The van der Waals surface area contributed by atoms with Crippen molar-refractivity contribution >= 4 is 10.1 Å². The van der Waals surface area contributed by atoms with E-state index in [0.717, 1.165) is 0 Å². The van der Waals surface area contributed by atoms with Crippen molar-refractivity contribution in [3.05, 3.63) is 36.2 Å². The van der Waals surface area contributed by atoms with E-state index in [2.05, 4.69) is 10.1 Å². The maximum Gasteiger partial charge on any atom is 0.435 e. The van der Waals surface area contributed by atoms with E-state index in [4.69, 9.17) is 4.18 Å². The van der Waals surface area contributed by atoms with Gasteiger partial charge in [0.2, 0.25) is 5.88 Å². The lowest BCUT2D eigenvalue weighted by molar-refractivity contribution is -0.141. The van der Waals surface area contributed by atoms with E-state index in [0.29, 0.717) is 23.6 Å². The van der Waals surface area contributed by atoms with Crippen LogP contribution in [0.15, 0.2) is 30.5 Å². The maximum absolute atomic E-state index is 12.8. The fourth-order valence-corrected chi connectivity index (χ4v) is 2.80. The molecule has 0 unspecified atom stereocenters. The second kappa shape index (κ2) is 6.57. The van der Waals surface area contributed by atoms with Crippen LogP contribution in [-0.2, 0) is 16.3 Å². The highest BCUT2D eigenvalue weighted by molar-refractivity contribution is 7.87. The minimum atomic E-state index is -4.73. The van der Waals surface area contributed by atoms with Gasteiger partial charge in [-0.1, -0.05) is 19.4 Å². The lowest BCUT2D eigenvalue weighted by atomic mass is 10.4. The van der Waals surface area contributed by atoms with Gasteiger partial charge in [0.05, 0.1) is 5.75 Å². The Morgan fingerprint density at radius 2 is 2.04 bits per heavy atom. The molecule has 23 heavy (non-hydrogen) atoms. The Bertz CT molecular complexity index is 758. The van der Waals surface area contributed by atoms with Crippen LogP contribution in [0.1, 0.15) is 25.5 Å². The Balaban J connectivity index is 2.43. The van der Waals surface area contributed by atoms with Crippen molar-refractivity contribution in [3.63, 3.8) is 0 Å². The van der Waals surface area contributed by atoms with Crippen LogP contribution >= 0.6 is 0 Å². The number of alkyl halides is 3. The smallest absolute Gasteiger partial charge is 0.361 e. The van der Waals surface area contributed by atoms with Crippen molar-refractivity contribution in [2.45, 2.75) is 25.9 Å². The predicted molar refractivity (Wildman–Crippen MR) is 75.7 cm³/mol. The van der Waals surface area contributed by atoms with Gasteiger partial charge in [-0.3, -0.25) is 0 Å². The first-order valence-electron chi connectivity index (χ1n) is 6.74. The van der Waals surface area contributed by atoms with Crippen LogP contribution in [0, 0.1) is 0 Å². The average molecular weight is 349 g/mol. The Labute approximate surface area is 131 Å². The molecule has 2 aromatic heterocycles. The summed E-state index contributed by atoms with van der Waals surface area (Å²) in [5.74, 6) is -0.825. The number of nitrogens with zero attached hydrogens (tertiary/aromatic N) is 3. The second-order valence-corrected chi connectivity index (χ2v) is 6.35. The summed E-state index contributed by atoms with van der Waals surface area (Å²) in [5.41, 5.74) is -1.26. The zero-order valence-electron chi connectivity index (χ0n) is 12.1. The Morgan fingerprint density at radius 1 is 1.30 bits per heavy atom. The van der Waals surface area contributed by atoms with Crippen LogP contribution in [-0.4, -0.2) is 28.9 Å². The molecule has 0 saturated heterocycles. The molecule has 0 atom stereocenters. The number of pyridine rings is 1. The van der Waals surface area contributed by atoms with Crippen molar-refractivity contribution in [1.82, 2.24) is 14.8 Å². The van der Waals surface area contributed by atoms with E-state index in [-0.39, 0.29) is 11.6 Å². The van der Waals surface area contributed by atoms with Crippen LogP contribution in [0.5, 0.6) is 5.88 Å². The predicted octanol–water partition coefficient (Wildman–Crippen LogP) is 2.79. The highest BCUT2D eigenvalue weighted by Crippen LogP contribution is 2.32. The first-order valence-corrected chi connectivity index (χ1v) is 8.31. The van der Waals surface area contributed by atoms with Gasteiger partial charge in [-0.05, 0) is 18.6 Å². The number of unbranched alkanes of at least 4 members (excludes halogenated alkanes) is 1. The zero-order valence-corrected chi connectivity index (χ0v) is 12.9. The fraction of sp³-hybridized carbons (Fsp3) is 0.385. The largest absolute Gasteiger partial charge is 0.435 e. The van der Waals surface area contributed by atoms with Gasteiger partial charge in [0, 0.05) is 12.3 Å². The molecule has 0 aliphatic heterocycles. The number of hydrogen-bond donors (Lipinski definition) is 0. The molecule has 0 aliphatic carbocycles. The first kappa shape index (κ1) is 17.3. The van der Waals surface area contributed by atoms with Crippen LogP contribution < -0.4 is 4.18 Å². The van der Waals surface area contributed by atoms with E-state index >= 15 is 0 Å². The summed E-state index contributed by atoms with van der Waals surface area (Å²) in [5, 5.41) is 3.36. The second-order valence-electron chi connectivity index (χ2n) is 4.66. The summed E-state index contributed by atoms with van der Waals surface area (Å²) in [6, 6.07) is 5.03. The van der Waals surface area contributed by atoms with Crippen molar-refractivity contribution in [3.8, 4) is 11.7 Å². The van der Waals surface area contributed by atoms with Crippen molar-refractivity contribution in [1.29, 1.82) is 0 Å². The minimum Gasteiger partial charge on any atom is -0.361 e. The number of hydrogen-bond acceptors (Lipinski definition) is 5. The number of rotatable bonds is 6. The lowest BCUT2D eigenvalue weighted by Gasteiger charge is -2.08. The van der Waals surface area contributed by atoms with Gasteiger partial charge in [0.1, 0.15) is 0 Å². The quantitative estimate of drug-likeness (QED) is 0.750. The molecule has 2 heterocycles. The molecule has 6 nitrogen and oxygen atoms in total. The molecule has 126 valence electrons.